The van der Waals surface area contributed by atoms with Crippen LogP contribution < -0.4 is 5.73 Å². The van der Waals surface area contributed by atoms with Crippen LogP contribution in [0.15, 0.2) is 24.3 Å². The molecule has 1 aromatic rings. The van der Waals surface area contributed by atoms with Crippen molar-refractivity contribution in [3.8, 4) is 0 Å². The van der Waals surface area contributed by atoms with Crippen molar-refractivity contribution in [1.29, 1.82) is 0 Å². The minimum absolute atomic E-state index is 0.0208. The molecule has 0 bridgehead atoms. The molecule has 0 heterocycles. The number of nitrogens with two attached hydrogens (primary N) is 1. The predicted octanol–water partition coefficient (Wildman–Crippen LogP) is 2.07. The fourth-order valence-electron chi connectivity index (χ4n) is 2.18. The summed E-state index contributed by atoms with van der Waals surface area (Å²) in [5.74, 6) is -0.161. The van der Waals surface area contributed by atoms with E-state index in [2.05, 4.69) is 0 Å². The first-order chi connectivity index (χ1) is 9.27. The molecular weight excluding hydrogens is 258 g/mol. The van der Waals surface area contributed by atoms with Crippen LogP contribution >= 0.6 is 0 Å². The SMILES string of the molecule is CCCC(C)(N)C(=O)N(C)Cc1cccc([N+](=O)[O-])c1. The van der Waals surface area contributed by atoms with Crippen molar-refractivity contribution in [1.82, 2.24) is 4.90 Å². The smallest absolute Gasteiger partial charge is 0.269 e. The normalized spacial score (nSPS) is 13.6. The van der Waals surface area contributed by atoms with Gasteiger partial charge in [-0.05, 0) is 18.9 Å². The Labute approximate surface area is 118 Å². The van der Waals surface area contributed by atoms with Crippen molar-refractivity contribution in [3.63, 3.8) is 0 Å². The van der Waals surface area contributed by atoms with Crippen LogP contribution in [-0.4, -0.2) is 28.3 Å². The van der Waals surface area contributed by atoms with Gasteiger partial charge in [-0.1, -0.05) is 25.5 Å². The lowest BCUT2D eigenvalue weighted by Crippen LogP contribution is -2.51. The second-order valence-electron chi connectivity index (χ2n) is 5.26. The molecule has 20 heavy (non-hydrogen) atoms. The van der Waals surface area contributed by atoms with Gasteiger partial charge in [0.2, 0.25) is 5.91 Å². The topological polar surface area (TPSA) is 89.5 Å². The van der Waals surface area contributed by atoms with Gasteiger partial charge >= 0.3 is 0 Å². The van der Waals surface area contributed by atoms with Gasteiger partial charge < -0.3 is 10.6 Å². The number of hydrogen-bond acceptors (Lipinski definition) is 4. The number of likely N-dealkylation sites (N-methyl/N-ethyl adjacent to an activating group) is 1. The Morgan fingerprint density at radius 3 is 2.70 bits per heavy atom. The van der Waals surface area contributed by atoms with Crippen LogP contribution in [0.1, 0.15) is 32.3 Å². The first kappa shape index (κ1) is 16.1. The van der Waals surface area contributed by atoms with E-state index in [0.29, 0.717) is 18.5 Å². The standard InChI is InChI=1S/C14H21N3O3/c1-4-8-14(2,15)13(18)16(3)10-11-6-5-7-12(9-11)17(19)20/h5-7,9H,4,8,10,15H2,1-3H3. The first-order valence-corrected chi connectivity index (χ1v) is 6.55. The summed E-state index contributed by atoms with van der Waals surface area (Å²) in [5.41, 5.74) is 5.84. The monoisotopic (exact) mass is 279 g/mol. The summed E-state index contributed by atoms with van der Waals surface area (Å²) >= 11 is 0. The zero-order valence-electron chi connectivity index (χ0n) is 12.1. The Morgan fingerprint density at radius 2 is 2.15 bits per heavy atom. The van der Waals surface area contributed by atoms with Crippen LogP contribution in [0.4, 0.5) is 5.69 Å². The van der Waals surface area contributed by atoms with Crippen LogP contribution in [0.5, 0.6) is 0 Å². The zero-order valence-corrected chi connectivity index (χ0v) is 12.1. The van der Waals surface area contributed by atoms with Gasteiger partial charge in [0.25, 0.3) is 5.69 Å². The van der Waals surface area contributed by atoms with Crippen LogP contribution in [0, 0.1) is 10.1 Å². The molecule has 0 saturated carbocycles. The number of amides is 1. The number of benzene rings is 1. The van der Waals surface area contributed by atoms with Gasteiger partial charge in [0.15, 0.2) is 0 Å². The number of nitro benzene ring substituents is 1. The molecule has 0 aliphatic rings. The molecule has 0 fully saturated rings. The average Bonchev–Trinajstić information content (AvgIpc) is 2.38. The molecule has 2 N–H and O–H groups in total. The number of non-ortho nitro benzene ring substituents is 1. The van der Waals surface area contributed by atoms with E-state index in [1.54, 1.807) is 26.1 Å². The second kappa shape index (κ2) is 6.47. The van der Waals surface area contributed by atoms with Gasteiger partial charge in [-0.3, -0.25) is 14.9 Å². The highest BCUT2D eigenvalue weighted by Gasteiger charge is 2.30. The summed E-state index contributed by atoms with van der Waals surface area (Å²) in [6.45, 7) is 3.98. The van der Waals surface area contributed by atoms with E-state index in [9.17, 15) is 14.9 Å². The van der Waals surface area contributed by atoms with Crippen molar-refractivity contribution >= 4 is 11.6 Å². The largest absolute Gasteiger partial charge is 0.340 e. The van der Waals surface area contributed by atoms with E-state index < -0.39 is 10.5 Å². The molecule has 1 unspecified atom stereocenters. The van der Waals surface area contributed by atoms with E-state index in [0.717, 1.165) is 6.42 Å². The molecule has 6 heteroatoms. The van der Waals surface area contributed by atoms with Crippen LogP contribution in [0.25, 0.3) is 0 Å². The molecule has 0 spiro atoms. The summed E-state index contributed by atoms with van der Waals surface area (Å²) in [6.07, 6.45) is 1.43. The third kappa shape index (κ3) is 4.03. The molecule has 0 aliphatic carbocycles. The second-order valence-corrected chi connectivity index (χ2v) is 5.26. The maximum atomic E-state index is 12.2. The number of nitro groups is 1. The minimum atomic E-state index is -0.899. The van der Waals surface area contributed by atoms with E-state index in [-0.39, 0.29) is 11.6 Å². The van der Waals surface area contributed by atoms with Crippen molar-refractivity contribution < 1.29 is 9.72 Å². The Hall–Kier alpha value is -1.95. The average molecular weight is 279 g/mol. The van der Waals surface area contributed by atoms with Crippen molar-refractivity contribution in [3.05, 3.63) is 39.9 Å². The summed E-state index contributed by atoms with van der Waals surface area (Å²) < 4.78 is 0. The molecule has 110 valence electrons. The third-order valence-electron chi connectivity index (χ3n) is 3.15. The Balaban J connectivity index is 2.80. The zero-order chi connectivity index (χ0) is 15.3. The first-order valence-electron chi connectivity index (χ1n) is 6.55. The molecule has 6 nitrogen and oxygen atoms in total. The van der Waals surface area contributed by atoms with Crippen molar-refractivity contribution in [2.45, 2.75) is 38.8 Å². The molecule has 1 atom stereocenters. The summed E-state index contributed by atoms with van der Waals surface area (Å²) in [4.78, 5) is 24.0. The minimum Gasteiger partial charge on any atom is -0.340 e. The third-order valence-corrected chi connectivity index (χ3v) is 3.15. The summed E-state index contributed by atoms with van der Waals surface area (Å²) in [6, 6.07) is 6.26. The molecule has 0 radical (unpaired) electrons. The molecular formula is C14H21N3O3. The highest BCUT2D eigenvalue weighted by Crippen LogP contribution is 2.17. The maximum Gasteiger partial charge on any atom is 0.269 e. The van der Waals surface area contributed by atoms with E-state index in [4.69, 9.17) is 5.73 Å². The molecule has 1 rings (SSSR count). The molecule has 0 aromatic heterocycles. The van der Waals surface area contributed by atoms with E-state index in [1.807, 2.05) is 6.92 Å². The van der Waals surface area contributed by atoms with E-state index in [1.165, 1.54) is 17.0 Å². The number of carbonyl (C=O) groups is 1. The van der Waals surface area contributed by atoms with Gasteiger partial charge in [-0.2, -0.15) is 0 Å². The Morgan fingerprint density at radius 1 is 1.50 bits per heavy atom. The fraction of sp³-hybridized carbons (Fsp3) is 0.500. The lowest BCUT2D eigenvalue weighted by molar-refractivity contribution is -0.384. The van der Waals surface area contributed by atoms with Crippen LogP contribution in [0.3, 0.4) is 0 Å². The van der Waals surface area contributed by atoms with Crippen LogP contribution in [-0.2, 0) is 11.3 Å². The lowest BCUT2D eigenvalue weighted by atomic mass is 9.95. The summed E-state index contributed by atoms with van der Waals surface area (Å²) in [5, 5.41) is 10.7. The summed E-state index contributed by atoms with van der Waals surface area (Å²) in [7, 11) is 1.65. The number of rotatable bonds is 6. The van der Waals surface area contributed by atoms with E-state index >= 15 is 0 Å². The fourth-order valence-corrected chi connectivity index (χ4v) is 2.18. The quantitative estimate of drug-likeness (QED) is 0.637. The Kier molecular flexibility index (Phi) is 5.21. The van der Waals surface area contributed by atoms with Crippen LogP contribution in [0.2, 0.25) is 0 Å². The highest BCUT2D eigenvalue weighted by atomic mass is 16.6. The van der Waals surface area contributed by atoms with Crippen molar-refractivity contribution in [2.24, 2.45) is 5.73 Å². The molecule has 0 saturated heterocycles. The molecule has 1 aromatic carbocycles. The van der Waals surface area contributed by atoms with Gasteiger partial charge in [-0.25, -0.2) is 0 Å². The Bertz CT molecular complexity index is 500. The van der Waals surface area contributed by atoms with Gasteiger partial charge in [0.1, 0.15) is 0 Å². The number of hydrogen-bond donors (Lipinski definition) is 1. The molecule has 0 aliphatic heterocycles. The predicted molar refractivity (Wildman–Crippen MR) is 77.1 cm³/mol. The number of carbonyl (C=O) groups excluding carboxylic acids is 1. The van der Waals surface area contributed by atoms with Gasteiger partial charge in [-0.15, -0.1) is 0 Å². The van der Waals surface area contributed by atoms with Gasteiger partial charge in [0, 0.05) is 25.7 Å². The lowest BCUT2D eigenvalue weighted by Gasteiger charge is -2.29. The highest BCUT2D eigenvalue weighted by molar-refractivity contribution is 5.85. The number of nitrogens with zero attached hydrogens (tertiary/aromatic N) is 2. The van der Waals surface area contributed by atoms with Gasteiger partial charge in [0.05, 0.1) is 10.5 Å². The maximum absolute atomic E-state index is 12.2. The molecule has 1 amide bonds. The van der Waals surface area contributed by atoms with Crippen molar-refractivity contribution in [2.75, 3.05) is 7.05 Å².